The fraction of sp³-hybridized carbons (Fsp3) is 0.467. The molecular weight excluding hydrogens is 322 g/mol. The van der Waals surface area contributed by atoms with Crippen molar-refractivity contribution < 1.29 is 9.59 Å². The molecule has 1 heterocycles. The average molecular weight is 344 g/mol. The number of carbonyl (C=O) groups excluding carboxylic acids is 2. The van der Waals surface area contributed by atoms with Crippen molar-refractivity contribution in [1.82, 2.24) is 10.2 Å². The Morgan fingerprint density at radius 3 is 2.73 bits per heavy atom. The number of nitrogens with zero attached hydrogens (tertiary/aromatic N) is 1. The monoisotopic (exact) mass is 343 g/mol. The summed E-state index contributed by atoms with van der Waals surface area (Å²) >= 11 is 1.86. The van der Waals surface area contributed by atoms with Gasteiger partial charge in [0, 0.05) is 43.2 Å². The summed E-state index contributed by atoms with van der Waals surface area (Å²) in [7, 11) is 1.67. The normalized spacial score (nSPS) is 17.2. The molecule has 1 fully saturated rings. The first-order valence-electron chi connectivity index (χ1n) is 7.05. The largest absolute Gasteiger partial charge is 0.336 e. The molecule has 1 atom stereocenters. The van der Waals surface area contributed by atoms with Crippen LogP contribution in [0.25, 0.3) is 0 Å². The van der Waals surface area contributed by atoms with Gasteiger partial charge in [0.05, 0.1) is 6.54 Å². The first kappa shape index (κ1) is 18.8. The van der Waals surface area contributed by atoms with Gasteiger partial charge in [-0.1, -0.05) is 18.2 Å². The summed E-state index contributed by atoms with van der Waals surface area (Å²) in [6, 6.07) is 9.47. The van der Waals surface area contributed by atoms with Crippen LogP contribution in [0, 0.1) is 0 Å². The number of thioether (sulfide) groups is 1. The number of carbonyl (C=O) groups is 2. The molecule has 1 aromatic rings. The Bertz CT molecular complexity index is 481. The van der Waals surface area contributed by atoms with Crippen LogP contribution in [0.1, 0.15) is 6.42 Å². The van der Waals surface area contributed by atoms with E-state index in [-0.39, 0.29) is 36.8 Å². The Morgan fingerprint density at radius 2 is 2.09 bits per heavy atom. The van der Waals surface area contributed by atoms with Crippen molar-refractivity contribution in [2.75, 3.05) is 37.0 Å². The molecule has 0 bridgehead atoms. The van der Waals surface area contributed by atoms with Crippen LogP contribution in [-0.4, -0.2) is 54.4 Å². The standard InChI is InChI=1S/C15H21N3O2S.ClH/c1-18(15(20)9-13-11-21-8-7-16-13)10-14(19)17-12-5-3-2-4-6-12;/h2-6,13,16H,7-11H2,1H3,(H,17,19);1H. The van der Waals surface area contributed by atoms with E-state index in [1.165, 1.54) is 4.90 Å². The second-order valence-corrected chi connectivity index (χ2v) is 6.24. The molecule has 1 unspecified atom stereocenters. The fourth-order valence-electron chi connectivity index (χ4n) is 2.14. The SMILES string of the molecule is CN(CC(=O)Nc1ccccc1)C(=O)CC1CSCCN1.Cl. The second kappa shape index (κ2) is 9.71. The predicted octanol–water partition coefficient (Wildman–Crippen LogP) is 1.60. The minimum absolute atomic E-state index is 0. The number of benzene rings is 1. The van der Waals surface area contributed by atoms with Gasteiger partial charge in [-0.05, 0) is 12.1 Å². The maximum absolute atomic E-state index is 12.1. The number of halogens is 1. The topological polar surface area (TPSA) is 61.4 Å². The molecule has 2 rings (SSSR count). The molecule has 0 radical (unpaired) electrons. The Labute approximate surface area is 141 Å². The van der Waals surface area contributed by atoms with Gasteiger partial charge in [-0.25, -0.2) is 0 Å². The molecule has 5 nitrogen and oxygen atoms in total. The van der Waals surface area contributed by atoms with Crippen LogP contribution in [0.5, 0.6) is 0 Å². The molecular formula is C15H22ClN3O2S. The number of anilines is 1. The first-order valence-corrected chi connectivity index (χ1v) is 8.20. The fourth-order valence-corrected chi connectivity index (χ4v) is 3.09. The van der Waals surface area contributed by atoms with Crippen molar-refractivity contribution in [3.8, 4) is 0 Å². The molecule has 122 valence electrons. The van der Waals surface area contributed by atoms with Crippen molar-refractivity contribution in [2.45, 2.75) is 12.5 Å². The van der Waals surface area contributed by atoms with Crippen LogP contribution in [0.2, 0.25) is 0 Å². The van der Waals surface area contributed by atoms with Crippen molar-refractivity contribution in [3.05, 3.63) is 30.3 Å². The van der Waals surface area contributed by atoms with E-state index in [4.69, 9.17) is 0 Å². The van der Waals surface area contributed by atoms with Crippen LogP contribution < -0.4 is 10.6 Å². The molecule has 1 aromatic carbocycles. The zero-order valence-corrected chi connectivity index (χ0v) is 14.2. The van der Waals surface area contributed by atoms with Crippen LogP contribution >= 0.6 is 24.2 Å². The van der Waals surface area contributed by atoms with Gasteiger partial charge in [0.1, 0.15) is 0 Å². The van der Waals surface area contributed by atoms with Crippen molar-refractivity contribution >= 4 is 41.7 Å². The lowest BCUT2D eigenvalue weighted by Crippen LogP contribution is -2.43. The van der Waals surface area contributed by atoms with Gasteiger partial charge in [0.25, 0.3) is 0 Å². The first-order chi connectivity index (χ1) is 10.1. The van der Waals surface area contributed by atoms with Gasteiger partial charge in [0.2, 0.25) is 11.8 Å². The summed E-state index contributed by atoms with van der Waals surface area (Å²) in [5.74, 6) is 1.87. The third kappa shape index (κ3) is 6.25. The van der Waals surface area contributed by atoms with Gasteiger partial charge in [0.15, 0.2) is 0 Å². The molecule has 0 saturated carbocycles. The van der Waals surface area contributed by atoms with Crippen LogP contribution in [-0.2, 0) is 9.59 Å². The van der Waals surface area contributed by atoms with Gasteiger partial charge >= 0.3 is 0 Å². The smallest absolute Gasteiger partial charge is 0.243 e. The average Bonchev–Trinajstić information content (AvgIpc) is 2.49. The number of rotatable bonds is 5. The molecule has 1 aliphatic heterocycles. The quantitative estimate of drug-likeness (QED) is 0.852. The van der Waals surface area contributed by atoms with E-state index in [1.807, 2.05) is 42.1 Å². The Morgan fingerprint density at radius 1 is 1.36 bits per heavy atom. The highest BCUT2D eigenvalue weighted by atomic mass is 35.5. The number of amides is 2. The molecule has 2 amide bonds. The van der Waals surface area contributed by atoms with Crippen molar-refractivity contribution in [3.63, 3.8) is 0 Å². The Hall–Kier alpha value is -1.24. The van der Waals surface area contributed by atoms with Crippen molar-refractivity contribution in [1.29, 1.82) is 0 Å². The number of para-hydroxylation sites is 1. The lowest BCUT2D eigenvalue weighted by atomic mass is 10.2. The molecule has 0 spiro atoms. The maximum Gasteiger partial charge on any atom is 0.243 e. The summed E-state index contributed by atoms with van der Waals surface area (Å²) in [4.78, 5) is 25.5. The molecule has 0 aromatic heterocycles. The number of nitrogens with one attached hydrogen (secondary N) is 2. The number of hydrogen-bond acceptors (Lipinski definition) is 4. The summed E-state index contributed by atoms with van der Waals surface area (Å²) in [5.41, 5.74) is 0.744. The van der Waals surface area contributed by atoms with E-state index in [1.54, 1.807) is 7.05 Å². The predicted molar refractivity (Wildman–Crippen MR) is 93.7 cm³/mol. The Kier molecular flexibility index (Phi) is 8.30. The second-order valence-electron chi connectivity index (χ2n) is 5.09. The summed E-state index contributed by atoms with van der Waals surface area (Å²) in [6.45, 7) is 1.02. The van der Waals surface area contributed by atoms with Crippen LogP contribution in [0.3, 0.4) is 0 Å². The van der Waals surface area contributed by atoms with E-state index in [0.29, 0.717) is 6.42 Å². The number of hydrogen-bond donors (Lipinski definition) is 2. The zero-order chi connectivity index (χ0) is 15.1. The minimum Gasteiger partial charge on any atom is -0.336 e. The maximum atomic E-state index is 12.1. The van der Waals surface area contributed by atoms with Gasteiger partial charge < -0.3 is 15.5 Å². The zero-order valence-electron chi connectivity index (χ0n) is 12.6. The molecule has 7 heteroatoms. The molecule has 1 saturated heterocycles. The van der Waals surface area contributed by atoms with Crippen molar-refractivity contribution in [2.24, 2.45) is 0 Å². The van der Waals surface area contributed by atoms with E-state index < -0.39 is 0 Å². The summed E-state index contributed by atoms with van der Waals surface area (Å²) in [5, 5.41) is 6.11. The molecule has 22 heavy (non-hydrogen) atoms. The number of likely N-dealkylation sites (N-methyl/N-ethyl adjacent to an activating group) is 1. The van der Waals surface area contributed by atoms with E-state index in [2.05, 4.69) is 10.6 Å². The highest BCUT2D eigenvalue weighted by Gasteiger charge is 2.20. The lowest BCUT2D eigenvalue weighted by molar-refractivity contribution is -0.133. The highest BCUT2D eigenvalue weighted by molar-refractivity contribution is 7.99. The Balaban J connectivity index is 0.00000242. The van der Waals surface area contributed by atoms with Gasteiger partial charge in [-0.15, -0.1) is 12.4 Å². The van der Waals surface area contributed by atoms with Crippen LogP contribution in [0.4, 0.5) is 5.69 Å². The van der Waals surface area contributed by atoms with Crippen LogP contribution in [0.15, 0.2) is 30.3 Å². The molecule has 2 N–H and O–H groups in total. The highest BCUT2D eigenvalue weighted by Crippen LogP contribution is 2.11. The van der Waals surface area contributed by atoms with Gasteiger partial charge in [-0.2, -0.15) is 11.8 Å². The minimum atomic E-state index is -0.178. The third-order valence-electron chi connectivity index (χ3n) is 3.28. The van der Waals surface area contributed by atoms with E-state index in [9.17, 15) is 9.59 Å². The summed E-state index contributed by atoms with van der Waals surface area (Å²) < 4.78 is 0. The van der Waals surface area contributed by atoms with E-state index in [0.717, 1.165) is 23.7 Å². The van der Waals surface area contributed by atoms with Gasteiger partial charge in [-0.3, -0.25) is 9.59 Å². The molecule has 1 aliphatic rings. The third-order valence-corrected chi connectivity index (χ3v) is 4.41. The molecule has 0 aliphatic carbocycles. The lowest BCUT2D eigenvalue weighted by Gasteiger charge is -2.25. The van der Waals surface area contributed by atoms with E-state index >= 15 is 0 Å². The summed E-state index contributed by atoms with van der Waals surface area (Å²) in [6.07, 6.45) is 0.447.